The molecule has 2 aliphatic rings. The third-order valence-electron chi connectivity index (χ3n) is 6.14. The van der Waals surface area contributed by atoms with E-state index in [2.05, 4.69) is 32.1 Å². The molecule has 0 spiro atoms. The van der Waals surface area contributed by atoms with Crippen LogP contribution in [0, 0.1) is 5.92 Å². The molecule has 1 amide bonds. The van der Waals surface area contributed by atoms with Crippen molar-refractivity contribution in [2.24, 2.45) is 5.92 Å². The molecular weight excluding hydrogens is 380 g/mol. The lowest BCUT2D eigenvalue weighted by molar-refractivity contribution is -0.137. The van der Waals surface area contributed by atoms with Gasteiger partial charge in [-0.3, -0.25) is 9.69 Å². The molecule has 3 heterocycles. The fraction of sp³-hybridized carbons (Fsp3) is 0.435. The first-order valence-corrected chi connectivity index (χ1v) is 10.7. The van der Waals surface area contributed by atoms with Crippen LogP contribution in [-0.2, 0) is 11.3 Å². The van der Waals surface area contributed by atoms with Gasteiger partial charge >= 0.3 is 0 Å². The number of rotatable bonds is 5. The van der Waals surface area contributed by atoms with Crippen molar-refractivity contribution < 1.29 is 13.7 Å². The van der Waals surface area contributed by atoms with Crippen molar-refractivity contribution in [3.8, 4) is 23.0 Å². The highest BCUT2D eigenvalue weighted by molar-refractivity contribution is 5.79. The molecule has 1 saturated carbocycles. The predicted octanol–water partition coefficient (Wildman–Crippen LogP) is 3.83. The summed E-state index contributed by atoms with van der Waals surface area (Å²) in [6, 6.07) is 11.8. The number of hydrogen-bond acceptors (Lipinski definition) is 6. The smallest absolute Gasteiger partial charge is 0.293 e. The van der Waals surface area contributed by atoms with Crippen molar-refractivity contribution in [3.63, 3.8) is 0 Å². The summed E-state index contributed by atoms with van der Waals surface area (Å²) < 4.78 is 10.6. The minimum atomic E-state index is 0.272. The molecule has 2 fully saturated rings. The van der Waals surface area contributed by atoms with Crippen LogP contribution in [0.25, 0.3) is 23.0 Å². The molecule has 1 saturated heterocycles. The summed E-state index contributed by atoms with van der Waals surface area (Å²) in [5.74, 6) is 2.14. The van der Waals surface area contributed by atoms with Gasteiger partial charge in [-0.2, -0.15) is 4.98 Å². The second kappa shape index (κ2) is 8.44. The summed E-state index contributed by atoms with van der Waals surface area (Å²) in [7, 11) is 0. The first kappa shape index (κ1) is 19.1. The van der Waals surface area contributed by atoms with Crippen molar-refractivity contribution in [3.05, 3.63) is 48.2 Å². The fourth-order valence-electron chi connectivity index (χ4n) is 4.47. The van der Waals surface area contributed by atoms with E-state index >= 15 is 0 Å². The van der Waals surface area contributed by atoms with Crippen molar-refractivity contribution in [1.29, 1.82) is 0 Å². The molecule has 3 aromatic rings. The SMILES string of the molecule is O=C(C1CCCC1)N1CCN(Cc2cccc(-c3noc(-c4ccco4)n3)c2)CC1. The Balaban J connectivity index is 1.20. The molecule has 0 unspecified atom stereocenters. The van der Waals surface area contributed by atoms with Crippen LogP contribution in [0.2, 0.25) is 0 Å². The Kier molecular flexibility index (Phi) is 5.36. The number of aromatic nitrogens is 2. The average Bonchev–Trinajstić information content (AvgIpc) is 3.56. The van der Waals surface area contributed by atoms with Crippen LogP contribution < -0.4 is 0 Å². The maximum Gasteiger partial charge on any atom is 0.293 e. The minimum absolute atomic E-state index is 0.272. The summed E-state index contributed by atoms with van der Waals surface area (Å²) in [6.07, 6.45) is 6.14. The minimum Gasteiger partial charge on any atom is -0.459 e. The lowest BCUT2D eigenvalue weighted by atomic mass is 10.1. The highest BCUT2D eigenvalue weighted by Gasteiger charge is 2.29. The first-order valence-electron chi connectivity index (χ1n) is 10.7. The number of carbonyl (C=O) groups excluding carboxylic acids is 1. The molecule has 0 atom stereocenters. The summed E-state index contributed by atoms with van der Waals surface area (Å²) in [5.41, 5.74) is 2.12. The summed E-state index contributed by atoms with van der Waals surface area (Å²) in [4.78, 5) is 21.6. The summed E-state index contributed by atoms with van der Waals surface area (Å²) in [6.45, 7) is 4.32. The van der Waals surface area contributed by atoms with Crippen molar-refractivity contribution >= 4 is 5.91 Å². The van der Waals surface area contributed by atoms with E-state index < -0.39 is 0 Å². The van der Waals surface area contributed by atoms with Gasteiger partial charge in [0.25, 0.3) is 5.89 Å². The van der Waals surface area contributed by atoms with Crippen LogP contribution in [0.15, 0.2) is 51.6 Å². The molecule has 2 aromatic heterocycles. The molecular formula is C23H26N4O3. The van der Waals surface area contributed by atoms with Gasteiger partial charge in [0.1, 0.15) is 0 Å². The quantitative estimate of drug-likeness (QED) is 0.641. The molecule has 156 valence electrons. The van der Waals surface area contributed by atoms with Gasteiger partial charge in [0.2, 0.25) is 11.7 Å². The topological polar surface area (TPSA) is 75.6 Å². The number of amides is 1. The normalized spacial score (nSPS) is 18.2. The van der Waals surface area contributed by atoms with Gasteiger partial charge in [-0.05, 0) is 36.6 Å². The number of furan rings is 1. The predicted molar refractivity (Wildman–Crippen MR) is 111 cm³/mol. The van der Waals surface area contributed by atoms with Crippen LogP contribution in [0.1, 0.15) is 31.2 Å². The number of carbonyl (C=O) groups is 1. The summed E-state index contributed by atoms with van der Waals surface area (Å²) >= 11 is 0. The van der Waals surface area contributed by atoms with E-state index in [1.54, 1.807) is 18.4 Å². The van der Waals surface area contributed by atoms with Gasteiger partial charge in [-0.15, -0.1) is 0 Å². The number of benzene rings is 1. The van der Waals surface area contributed by atoms with Gasteiger partial charge in [0, 0.05) is 44.2 Å². The van der Waals surface area contributed by atoms with Crippen LogP contribution in [-0.4, -0.2) is 52.0 Å². The van der Waals surface area contributed by atoms with Crippen molar-refractivity contribution in [2.45, 2.75) is 32.2 Å². The van der Waals surface area contributed by atoms with Crippen LogP contribution in [0.5, 0.6) is 0 Å². The Hall–Kier alpha value is -2.93. The maximum atomic E-state index is 12.6. The molecule has 7 nitrogen and oxygen atoms in total. The lowest BCUT2D eigenvalue weighted by Gasteiger charge is -2.36. The van der Waals surface area contributed by atoms with E-state index in [0.29, 0.717) is 23.4 Å². The molecule has 1 aliphatic carbocycles. The lowest BCUT2D eigenvalue weighted by Crippen LogP contribution is -2.49. The fourth-order valence-corrected chi connectivity index (χ4v) is 4.47. The third-order valence-corrected chi connectivity index (χ3v) is 6.14. The van der Waals surface area contributed by atoms with Gasteiger partial charge in [0.05, 0.1) is 6.26 Å². The number of piperazine rings is 1. The standard InChI is InChI=1S/C23H26N4O3/c28-23(18-6-1-2-7-18)27-12-10-26(11-13-27)16-17-5-3-8-19(15-17)21-24-22(30-25-21)20-9-4-14-29-20/h3-5,8-9,14-15,18H,1-2,6-7,10-13,16H2. The highest BCUT2D eigenvalue weighted by atomic mass is 16.5. The Bertz CT molecular complexity index is 984. The van der Waals surface area contributed by atoms with Crippen molar-refractivity contribution in [2.75, 3.05) is 26.2 Å². The molecule has 0 radical (unpaired) electrons. The van der Waals surface area contributed by atoms with Gasteiger partial charge < -0.3 is 13.8 Å². The molecule has 0 bridgehead atoms. The number of nitrogens with zero attached hydrogens (tertiary/aromatic N) is 4. The van der Waals surface area contributed by atoms with Gasteiger partial charge in [0.15, 0.2) is 5.76 Å². The molecule has 30 heavy (non-hydrogen) atoms. The molecule has 0 N–H and O–H groups in total. The van der Waals surface area contributed by atoms with E-state index in [1.807, 2.05) is 12.1 Å². The van der Waals surface area contributed by atoms with E-state index in [-0.39, 0.29) is 5.92 Å². The molecule has 1 aromatic carbocycles. The Morgan fingerprint density at radius 2 is 1.90 bits per heavy atom. The monoisotopic (exact) mass is 406 g/mol. The van der Waals surface area contributed by atoms with E-state index in [1.165, 1.54) is 18.4 Å². The van der Waals surface area contributed by atoms with Crippen molar-refractivity contribution in [1.82, 2.24) is 19.9 Å². The third kappa shape index (κ3) is 4.03. The van der Waals surface area contributed by atoms with Crippen LogP contribution >= 0.6 is 0 Å². The Morgan fingerprint density at radius 1 is 1.07 bits per heavy atom. The molecule has 5 rings (SSSR count). The Morgan fingerprint density at radius 3 is 2.67 bits per heavy atom. The van der Waals surface area contributed by atoms with Gasteiger partial charge in [-0.25, -0.2) is 0 Å². The zero-order valence-electron chi connectivity index (χ0n) is 17.0. The van der Waals surface area contributed by atoms with Crippen LogP contribution in [0.4, 0.5) is 0 Å². The second-order valence-electron chi connectivity index (χ2n) is 8.18. The second-order valence-corrected chi connectivity index (χ2v) is 8.18. The van der Waals surface area contributed by atoms with E-state index in [0.717, 1.165) is 51.1 Å². The number of hydrogen-bond donors (Lipinski definition) is 0. The molecule has 7 heteroatoms. The largest absolute Gasteiger partial charge is 0.459 e. The van der Waals surface area contributed by atoms with Gasteiger partial charge in [-0.1, -0.05) is 36.2 Å². The first-order chi connectivity index (χ1) is 14.8. The zero-order valence-corrected chi connectivity index (χ0v) is 17.0. The molecule has 1 aliphatic heterocycles. The Labute approximate surface area is 175 Å². The highest BCUT2D eigenvalue weighted by Crippen LogP contribution is 2.27. The van der Waals surface area contributed by atoms with E-state index in [9.17, 15) is 4.79 Å². The maximum absolute atomic E-state index is 12.6. The average molecular weight is 406 g/mol. The summed E-state index contributed by atoms with van der Waals surface area (Å²) in [5, 5.41) is 4.09. The zero-order chi connectivity index (χ0) is 20.3. The van der Waals surface area contributed by atoms with Crippen LogP contribution in [0.3, 0.4) is 0 Å². The van der Waals surface area contributed by atoms with E-state index in [4.69, 9.17) is 8.94 Å².